The minimum atomic E-state index is -0.345. The number of rotatable bonds is 2. The lowest BCUT2D eigenvalue weighted by atomic mass is 10.1. The normalized spacial score (nSPS) is 16.2. The lowest BCUT2D eigenvalue weighted by molar-refractivity contribution is 0.192. The van der Waals surface area contributed by atoms with Crippen LogP contribution in [-0.4, -0.2) is 25.2 Å². The fourth-order valence-corrected chi connectivity index (χ4v) is 2.58. The van der Waals surface area contributed by atoms with Crippen LogP contribution in [0.1, 0.15) is 29.5 Å². The molecule has 0 bridgehead atoms. The van der Waals surface area contributed by atoms with E-state index >= 15 is 0 Å². The van der Waals surface area contributed by atoms with E-state index in [1.807, 2.05) is 32.9 Å². The third-order valence-corrected chi connectivity index (χ3v) is 3.46. The Bertz CT molecular complexity index is 442. The highest BCUT2D eigenvalue weighted by molar-refractivity contribution is 5.71. The summed E-state index contributed by atoms with van der Waals surface area (Å²) < 4.78 is 5.46. The molecule has 1 aromatic rings. The molecular weight excluding hydrogens is 240 g/mol. The van der Waals surface area contributed by atoms with Crippen molar-refractivity contribution in [2.45, 2.75) is 39.7 Å². The lowest BCUT2D eigenvalue weighted by Crippen LogP contribution is -2.43. The van der Waals surface area contributed by atoms with Crippen molar-refractivity contribution in [1.29, 1.82) is 0 Å². The minimum absolute atomic E-state index is 0.222. The van der Waals surface area contributed by atoms with Gasteiger partial charge in [0.05, 0.1) is 0 Å². The number of benzene rings is 1. The second-order valence-corrected chi connectivity index (χ2v) is 5.29. The van der Waals surface area contributed by atoms with Crippen LogP contribution in [0, 0.1) is 20.8 Å². The van der Waals surface area contributed by atoms with E-state index < -0.39 is 0 Å². The molecule has 0 radical (unpaired) electrons. The third kappa shape index (κ3) is 3.70. The van der Waals surface area contributed by atoms with Crippen LogP contribution < -0.4 is 15.4 Å². The molecule has 1 aliphatic heterocycles. The van der Waals surface area contributed by atoms with Gasteiger partial charge in [0.25, 0.3) is 0 Å². The number of piperidine rings is 1. The second-order valence-electron chi connectivity index (χ2n) is 5.29. The smallest absolute Gasteiger partial charge is 0.410 e. The molecule has 4 nitrogen and oxygen atoms in total. The Morgan fingerprint density at radius 2 is 1.79 bits per heavy atom. The fraction of sp³-hybridized carbons (Fsp3) is 0.533. The predicted octanol–water partition coefficient (Wildman–Crippen LogP) is 2.45. The van der Waals surface area contributed by atoms with Crippen LogP contribution in [0.5, 0.6) is 5.75 Å². The molecule has 4 heteroatoms. The van der Waals surface area contributed by atoms with Gasteiger partial charge < -0.3 is 15.4 Å². The Kier molecular flexibility index (Phi) is 4.43. The second kappa shape index (κ2) is 6.06. The van der Waals surface area contributed by atoms with Gasteiger partial charge in [-0.1, -0.05) is 17.7 Å². The van der Waals surface area contributed by atoms with E-state index in [1.54, 1.807) is 0 Å². The average molecular weight is 262 g/mol. The van der Waals surface area contributed by atoms with Gasteiger partial charge in [-0.3, -0.25) is 0 Å². The van der Waals surface area contributed by atoms with Gasteiger partial charge in [-0.05, 0) is 57.8 Å². The third-order valence-electron chi connectivity index (χ3n) is 3.46. The monoisotopic (exact) mass is 262 g/mol. The standard InChI is InChI=1S/C15H22N2O2/c1-10-8-11(2)14(12(3)9-10)19-15(18)17-13-4-6-16-7-5-13/h8-9,13,16H,4-7H2,1-3H3,(H,17,18). The Hall–Kier alpha value is -1.55. The van der Waals surface area contributed by atoms with E-state index in [0.29, 0.717) is 5.75 Å². The fourth-order valence-electron chi connectivity index (χ4n) is 2.58. The van der Waals surface area contributed by atoms with Gasteiger partial charge in [0.2, 0.25) is 0 Å². The summed E-state index contributed by atoms with van der Waals surface area (Å²) in [5.74, 6) is 0.678. The zero-order valence-corrected chi connectivity index (χ0v) is 11.9. The minimum Gasteiger partial charge on any atom is -0.410 e. The number of amides is 1. The van der Waals surface area contributed by atoms with E-state index in [4.69, 9.17) is 4.74 Å². The number of ether oxygens (including phenoxy) is 1. The zero-order valence-electron chi connectivity index (χ0n) is 11.9. The highest BCUT2D eigenvalue weighted by atomic mass is 16.6. The maximum Gasteiger partial charge on any atom is 0.412 e. The number of nitrogens with one attached hydrogen (secondary N) is 2. The molecule has 0 aromatic heterocycles. The molecule has 0 atom stereocenters. The van der Waals surface area contributed by atoms with E-state index in [-0.39, 0.29) is 12.1 Å². The first-order chi connectivity index (χ1) is 9.06. The van der Waals surface area contributed by atoms with Crippen LogP contribution in [0.4, 0.5) is 4.79 Å². The molecule has 2 rings (SSSR count). The van der Waals surface area contributed by atoms with Gasteiger partial charge in [-0.2, -0.15) is 0 Å². The number of hydrogen-bond donors (Lipinski definition) is 2. The molecule has 1 heterocycles. The van der Waals surface area contributed by atoms with E-state index in [2.05, 4.69) is 10.6 Å². The summed E-state index contributed by atoms with van der Waals surface area (Å²) in [6.07, 6.45) is 1.57. The van der Waals surface area contributed by atoms with Gasteiger partial charge in [0, 0.05) is 6.04 Å². The number of carbonyl (C=O) groups is 1. The molecule has 1 aromatic carbocycles. The molecule has 104 valence electrons. The molecule has 0 aliphatic carbocycles. The van der Waals surface area contributed by atoms with Crippen molar-refractivity contribution in [1.82, 2.24) is 10.6 Å². The van der Waals surface area contributed by atoms with Gasteiger partial charge >= 0.3 is 6.09 Å². The summed E-state index contributed by atoms with van der Waals surface area (Å²) >= 11 is 0. The number of aryl methyl sites for hydroxylation is 3. The molecule has 1 saturated heterocycles. The van der Waals surface area contributed by atoms with Crippen molar-refractivity contribution in [3.63, 3.8) is 0 Å². The first-order valence-electron chi connectivity index (χ1n) is 6.83. The molecule has 0 spiro atoms. The summed E-state index contributed by atoms with van der Waals surface area (Å²) in [5.41, 5.74) is 3.18. The topological polar surface area (TPSA) is 50.4 Å². The Balaban J connectivity index is 1.98. The molecule has 19 heavy (non-hydrogen) atoms. The predicted molar refractivity (Wildman–Crippen MR) is 75.7 cm³/mol. The van der Waals surface area contributed by atoms with Gasteiger partial charge in [-0.25, -0.2) is 4.79 Å². The van der Waals surface area contributed by atoms with E-state index in [9.17, 15) is 4.79 Å². The number of hydrogen-bond acceptors (Lipinski definition) is 3. The van der Waals surface area contributed by atoms with Crippen LogP contribution in [0.15, 0.2) is 12.1 Å². The highest BCUT2D eigenvalue weighted by Gasteiger charge is 2.17. The summed E-state index contributed by atoms with van der Waals surface area (Å²) in [5, 5.41) is 6.21. The van der Waals surface area contributed by atoms with Crippen molar-refractivity contribution in [3.8, 4) is 5.75 Å². The van der Waals surface area contributed by atoms with Crippen molar-refractivity contribution < 1.29 is 9.53 Å². The molecule has 0 saturated carbocycles. The first-order valence-corrected chi connectivity index (χ1v) is 6.83. The van der Waals surface area contributed by atoms with Gasteiger partial charge in [-0.15, -0.1) is 0 Å². The van der Waals surface area contributed by atoms with Crippen LogP contribution in [-0.2, 0) is 0 Å². The van der Waals surface area contributed by atoms with Crippen LogP contribution in [0.25, 0.3) is 0 Å². The van der Waals surface area contributed by atoms with E-state index in [0.717, 1.165) is 37.1 Å². The van der Waals surface area contributed by atoms with Gasteiger partial charge in [0.1, 0.15) is 5.75 Å². The van der Waals surface area contributed by atoms with Crippen molar-refractivity contribution in [2.24, 2.45) is 0 Å². The molecule has 1 amide bonds. The average Bonchev–Trinajstić information content (AvgIpc) is 2.35. The van der Waals surface area contributed by atoms with Crippen molar-refractivity contribution >= 4 is 6.09 Å². The number of carbonyl (C=O) groups excluding carboxylic acids is 1. The molecular formula is C15H22N2O2. The van der Waals surface area contributed by atoms with Crippen molar-refractivity contribution in [3.05, 3.63) is 28.8 Å². The molecule has 1 fully saturated rings. The summed E-state index contributed by atoms with van der Waals surface area (Å²) in [6.45, 7) is 7.88. The van der Waals surface area contributed by atoms with Crippen LogP contribution in [0.3, 0.4) is 0 Å². The summed E-state index contributed by atoms with van der Waals surface area (Å²) in [4.78, 5) is 11.9. The Morgan fingerprint density at radius 3 is 2.37 bits per heavy atom. The lowest BCUT2D eigenvalue weighted by Gasteiger charge is -2.23. The summed E-state index contributed by atoms with van der Waals surface area (Å²) in [7, 11) is 0. The van der Waals surface area contributed by atoms with E-state index in [1.165, 1.54) is 5.56 Å². The Labute approximate surface area is 114 Å². The highest BCUT2D eigenvalue weighted by Crippen LogP contribution is 2.24. The molecule has 0 unspecified atom stereocenters. The zero-order chi connectivity index (χ0) is 13.8. The SMILES string of the molecule is Cc1cc(C)c(OC(=O)NC2CCNCC2)c(C)c1. The maximum absolute atomic E-state index is 11.9. The Morgan fingerprint density at radius 1 is 1.21 bits per heavy atom. The molecule has 1 aliphatic rings. The molecule has 2 N–H and O–H groups in total. The summed E-state index contributed by atoms with van der Waals surface area (Å²) in [6, 6.07) is 4.28. The largest absolute Gasteiger partial charge is 0.412 e. The van der Waals surface area contributed by atoms with Crippen LogP contribution >= 0.6 is 0 Å². The maximum atomic E-state index is 11.9. The first kappa shape index (κ1) is 13.9. The van der Waals surface area contributed by atoms with Gasteiger partial charge in [0.15, 0.2) is 0 Å². The van der Waals surface area contributed by atoms with Crippen LogP contribution in [0.2, 0.25) is 0 Å². The quantitative estimate of drug-likeness (QED) is 0.860. The van der Waals surface area contributed by atoms with Crippen molar-refractivity contribution in [2.75, 3.05) is 13.1 Å².